The highest BCUT2D eigenvalue weighted by molar-refractivity contribution is 5.38. The zero-order chi connectivity index (χ0) is 7.56. The van der Waals surface area contributed by atoms with Gasteiger partial charge in [0.25, 0.3) is 11.2 Å². The lowest BCUT2D eigenvalue weighted by atomic mass is 10.5. The molecule has 0 unspecified atom stereocenters. The molecule has 4 heteroatoms. The van der Waals surface area contributed by atoms with Gasteiger partial charge in [0.15, 0.2) is 0 Å². The number of aromatic amines is 1. The maximum absolute atomic E-state index is 10.8. The highest BCUT2D eigenvalue weighted by Gasteiger charge is 1.96. The van der Waals surface area contributed by atoms with Gasteiger partial charge in [0, 0.05) is 6.20 Å². The molecule has 0 amide bonds. The van der Waals surface area contributed by atoms with Crippen LogP contribution in [0.2, 0.25) is 0 Å². The van der Waals surface area contributed by atoms with Gasteiger partial charge >= 0.3 is 0 Å². The number of nitrogens with one attached hydrogen (secondary N) is 1. The van der Waals surface area contributed by atoms with Gasteiger partial charge in [0.05, 0.1) is 6.57 Å². The Balaban J connectivity index is 3.38. The van der Waals surface area contributed by atoms with Crippen LogP contribution in [-0.2, 0) is 0 Å². The number of hydrogen-bond acceptors (Lipinski definition) is 2. The molecule has 4 nitrogen and oxygen atoms in total. The summed E-state index contributed by atoms with van der Waals surface area (Å²) in [5.74, 6) is 0.525. The topological polar surface area (TPSA) is 50.1 Å². The summed E-state index contributed by atoms with van der Waals surface area (Å²) in [5.41, 5.74) is -0.340. The quantitative estimate of drug-likeness (QED) is 0.530. The minimum absolute atomic E-state index is 0.0330. The van der Waals surface area contributed by atoms with Crippen LogP contribution in [-0.4, -0.2) is 9.97 Å². The summed E-state index contributed by atoms with van der Waals surface area (Å²) in [6.07, 6.45) is 1.27. The normalized spacial score (nSPS) is 8.80. The zero-order valence-electron chi connectivity index (χ0n) is 5.38. The van der Waals surface area contributed by atoms with E-state index in [1.165, 1.54) is 6.20 Å². The van der Waals surface area contributed by atoms with Crippen molar-refractivity contribution in [3.05, 3.63) is 33.8 Å². The van der Waals surface area contributed by atoms with Gasteiger partial charge in [-0.05, 0) is 6.92 Å². The molecule has 0 spiro atoms. The molecular formula is C6H5N3O. The summed E-state index contributed by atoms with van der Waals surface area (Å²) < 4.78 is 0. The van der Waals surface area contributed by atoms with Crippen molar-refractivity contribution in [3.8, 4) is 0 Å². The molecule has 0 saturated heterocycles. The molecule has 0 bridgehead atoms. The highest BCUT2D eigenvalue weighted by Crippen LogP contribution is 1.98. The predicted molar refractivity (Wildman–Crippen MR) is 35.9 cm³/mol. The number of aryl methyl sites for hydroxylation is 1. The molecule has 0 aliphatic rings. The van der Waals surface area contributed by atoms with E-state index in [0.717, 1.165) is 0 Å². The van der Waals surface area contributed by atoms with Gasteiger partial charge in [-0.2, -0.15) is 0 Å². The summed E-state index contributed by atoms with van der Waals surface area (Å²) in [4.78, 5) is 19.9. The second-order valence-electron chi connectivity index (χ2n) is 1.79. The SMILES string of the molecule is [C-]#[N+]c1cnc(C)[nH]c1=O. The van der Waals surface area contributed by atoms with Gasteiger partial charge in [0.2, 0.25) is 0 Å². The lowest BCUT2D eigenvalue weighted by Gasteiger charge is -1.88. The molecular weight excluding hydrogens is 130 g/mol. The first kappa shape index (κ1) is 6.49. The molecule has 1 heterocycles. The van der Waals surface area contributed by atoms with Crippen molar-refractivity contribution in [2.45, 2.75) is 6.92 Å². The molecule has 10 heavy (non-hydrogen) atoms. The van der Waals surface area contributed by atoms with E-state index in [1.54, 1.807) is 6.92 Å². The van der Waals surface area contributed by atoms with Crippen LogP contribution in [0.15, 0.2) is 11.0 Å². The number of nitrogens with zero attached hydrogens (tertiary/aromatic N) is 2. The molecule has 0 aliphatic heterocycles. The predicted octanol–water partition coefficient (Wildman–Crippen LogP) is 0.629. The Labute approximate surface area is 57.4 Å². The van der Waals surface area contributed by atoms with Gasteiger partial charge in [-0.3, -0.25) is 9.78 Å². The van der Waals surface area contributed by atoms with Gasteiger partial charge in [0.1, 0.15) is 5.82 Å². The van der Waals surface area contributed by atoms with Crippen LogP contribution < -0.4 is 5.56 Å². The molecule has 1 N–H and O–H groups in total. The largest absolute Gasteiger partial charge is 0.320 e. The molecule has 0 atom stereocenters. The molecule has 1 aromatic rings. The van der Waals surface area contributed by atoms with Crippen LogP contribution in [0.5, 0.6) is 0 Å². The summed E-state index contributed by atoms with van der Waals surface area (Å²) >= 11 is 0. The first-order chi connectivity index (χ1) is 4.74. The second kappa shape index (κ2) is 2.31. The Morgan fingerprint density at radius 1 is 1.80 bits per heavy atom. The Hall–Kier alpha value is -1.63. The fourth-order valence-corrected chi connectivity index (χ4v) is 0.557. The van der Waals surface area contributed by atoms with E-state index in [9.17, 15) is 4.79 Å². The van der Waals surface area contributed by atoms with Crippen molar-refractivity contribution in [2.75, 3.05) is 0 Å². The third kappa shape index (κ3) is 1.03. The zero-order valence-corrected chi connectivity index (χ0v) is 5.38. The molecule has 0 aromatic carbocycles. The van der Waals surface area contributed by atoms with Gasteiger partial charge in [-0.1, -0.05) is 0 Å². The van der Waals surface area contributed by atoms with E-state index < -0.39 is 0 Å². The van der Waals surface area contributed by atoms with Crippen molar-refractivity contribution in [3.63, 3.8) is 0 Å². The first-order valence-corrected chi connectivity index (χ1v) is 2.67. The number of hydrogen-bond donors (Lipinski definition) is 1. The molecule has 50 valence electrons. The fourth-order valence-electron chi connectivity index (χ4n) is 0.557. The summed E-state index contributed by atoms with van der Waals surface area (Å²) in [6.45, 7) is 8.18. The third-order valence-electron chi connectivity index (χ3n) is 1.03. The summed E-state index contributed by atoms with van der Waals surface area (Å²) in [6, 6.07) is 0. The molecule has 0 fully saturated rings. The van der Waals surface area contributed by atoms with Crippen LogP contribution in [0.1, 0.15) is 5.82 Å². The average Bonchev–Trinajstić information content (AvgIpc) is 1.88. The van der Waals surface area contributed by atoms with Crippen molar-refractivity contribution in [1.82, 2.24) is 9.97 Å². The van der Waals surface area contributed by atoms with Gasteiger partial charge in [-0.25, -0.2) is 4.85 Å². The maximum atomic E-state index is 10.8. The lowest BCUT2D eigenvalue weighted by molar-refractivity contribution is 1.03. The van der Waals surface area contributed by atoms with Crippen LogP contribution in [0.3, 0.4) is 0 Å². The minimum Gasteiger partial charge on any atom is -0.320 e. The van der Waals surface area contributed by atoms with Crippen molar-refractivity contribution in [2.24, 2.45) is 0 Å². The maximum Gasteiger partial charge on any atom is 0.268 e. The molecule has 1 aromatic heterocycles. The molecule has 1 rings (SSSR count). The summed E-state index contributed by atoms with van der Waals surface area (Å²) in [7, 11) is 0. The van der Waals surface area contributed by atoms with Crippen LogP contribution in [0.4, 0.5) is 5.69 Å². The van der Waals surface area contributed by atoms with Crippen molar-refractivity contribution >= 4 is 5.69 Å². The van der Waals surface area contributed by atoms with E-state index in [-0.39, 0.29) is 11.2 Å². The highest BCUT2D eigenvalue weighted by atomic mass is 16.1. The lowest BCUT2D eigenvalue weighted by Crippen LogP contribution is -2.06. The second-order valence-corrected chi connectivity index (χ2v) is 1.79. The molecule has 0 saturated carbocycles. The Morgan fingerprint density at radius 2 is 2.50 bits per heavy atom. The van der Waals surface area contributed by atoms with Crippen LogP contribution in [0.25, 0.3) is 4.85 Å². The third-order valence-corrected chi connectivity index (χ3v) is 1.03. The Morgan fingerprint density at radius 3 is 3.00 bits per heavy atom. The van der Waals surface area contributed by atoms with Gasteiger partial charge in [-0.15, -0.1) is 0 Å². The van der Waals surface area contributed by atoms with E-state index in [0.29, 0.717) is 5.82 Å². The Bertz CT molecular complexity index is 334. The monoisotopic (exact) mass is 135 g/mol. The number of rotatable bonds is 0. The molecule has 0 radical (unpaired) electrons. The standard InChI is InChI=1S/C6H5N3O/c1-4-8-3-5(7-2)6(10)9-4/h3H,1H3,(H,8,9,10). The average molecular weight is 135 g/mol. The smallest absolute Gasteiger partial charge is 0.268 e. The van der Waals surface area contributed by atoms with Crippen LogP contribution in [0, 0.1) is 13.5 Å². The van der Waals surface area contributed by atoms with Crippen molar-refractivity contribution in [1.29, 1.82) is 0 Å². The van der Waals surface area contributed by atoms with E-state index in [2.05, 4.69) is 14.8 Å². The Kier molecular flexibility index (Phi) is 1.50. The number of H-pyrrole nitrogens is 1. The van der Waals surface area contributed by atoms with Gasteiger partial charge < -0.3 is 4.98 Å². The van der Waals surface area contributed by atoms with Crippen LogP contribution >= 0.6 is 0 Å². The van der Waals surface area contributed by atoms with E-state index in [4.69, 9.17) is 6.57 Å². The van der Waals surface area contributed by atoms with Crippen molar-refractivity contribution < 1.29 is 0 Å². The van der Waals surface area contributed by atoms with E-state index in [1.807, 2.05) is 0 Å². The fraction of sp³-hybridized carbons (Fsp3) is 0.167. The minimum atomic E-state index is -0.373. The molecule has 0 aliphatic carbocycles. The first-order valence-electron chi connectivity index (χ1n) is 2.67. The number of aromatic nitrogens is 2. The summed E-state index contributed by atoms with van der Waals surface area (Å²) in [5, 5.41) is 0. The van der Waals surface area contributed by atoms with E-state index >= 15 is 0 Å².